The number of ether oxygens (including phenoxy) is 3. The fourth-order valence-electron chi connectivity index (χ4n) is 2.93. The van der Waals surface area contributed by atoms with E-state index in [4.69, 9.17) is 14.2 Å². The van der Waals surface area contributed by atoms with Crippen LogP contribution in [0.2, 0.25) is 0 Å². The standard InChI is InChI=1S/C20H24O6/c1-3-24-19(22)17(20(23)25-4-2)16-11-10-14(12-16)13-26-18(21)15-8-6-5-7-9-15/h5-11,14,16-17H,3-4,12-13H2,1-2H3/t14-,16-/m1/s1. The van der Waals surface area contributed by atoms with E-state index in [2.05, 4.69) is 0 Å². The molecule has 0 saturated carbocycles. The van der Waals surface area contributed by atoms with Crippen molar-refractivity contribution >= 4 is 17.9 Å². The van der Waals surface area contributed by atoms with E-state index in [1.54, 1.807) is 44.2 Å². The first-order valence-electron chi connectivity index (χ1n) is 8.80. The monoisotopic (exact) mass is 360 g/mol. The molecule has 0 fully saturated rings. The van der Waals surface area contributed by atoms with Crippen molar-refractivity contribution in [2.75, 3.05) is 19.8 Å². The second kappa shape index (κ2) is 9.75. The molecule has 1 aliphatic rings. The molecule has 2 rings (SSSR count). The van der Waals surface area contributed by atoms with E-state index in [0.29, 0.717) is 12.0 Å². The van der Waals surface area contributed by atoms with Crippen LogP contribution in [0.1, 0.15) is 30.6 Å². The molecule has 1 aromatic rings. The van der Waals surface area contributed by atoms with Crippen LogP contribution in [0.25, 0.3) is 0 Å². The number of rotatable bonds is 8. The van der Waals surface area contributed by atoms with E-state index < -0.39 is 23.8 Å². The third-order valence-corrected chi connectivity index (χ3v) is 4.15. The van der Waals surface area contributed by atoms with E-state index in [-0.39, 0.29) is 31.7 Å². The highest BCUT2D eigenvalue weighted by Crippen LogP contribution is 2.31. The SMILES string of the molecule is CCOC(=O)C(C(=O)OCC)[C@@H]1C=C[C@@H](COC(=O)c2ccccc2)C1. The first-order valence-corrected chi connectivity index (χ1v) is 8.80. The summed E-state index contributed by atoms with van der Waals surface area (Å²) in [4.78, 5) is 36.3. The number of allylic oxidation sites excluding steroid dienone is 1. The second-order valence-corrected chi connectivity index (χ2v) is 5.99. The highest BCUT2D eigenvalue weighted by atomic mass is 16.6. The minimum absolute atomic E-state index is 0.0565. The summed E-state index contributed by atoms with van der Waals surface area (Å²) in [5.41, 5.74) is 0.488. The van der Waals surface area contributed by atoms with Crippen LogP contribution in [0, 0.1) is 17.8 Å². The molecule has 140 valence electrons. The van der Waals surface area contributed by atoms with Gasteiger partial charge in [0.05, 0.1) is 25.4 Å². The normalized spacial score (nSPS) is 18.6. The Balaban J connectivity index is 1.92. The third kappa shape index (κ3) is 5.18. The Morgan fingerprint density at radius 1 is 0.962 bits per heavy atom. The van der Waals surface area contributed by atoms with Crippen molar-refractivity contribution in [2.45, 2.75) is 20.3 Å². The molecule has 0 saturated heterocycles. The molecule has 0 unspecified atom stereocenters. The maximum atomic E-state index is 12.2. The molecule has 0 radical (unpaired) electrons. The largest absolute Gasteiger partial charge is 0.465 e. The van der Waals surface area contributed by atoms with Gasteiger partial charge in [-0.15, -0.1) is 0 Å². The Hall–Kier alpha value is -2.63. The lowest BCUT2D eigenvalue weighted by Crippen LogP contribution is -2.33. The molecule has 0 amide bonds. The molecule has 0 aliphatic heterocycles. The fourth-order valence-corrected chi connectivity index (χ4v) is 2.93. The summed E-state index contributed by atoms with van der Waals surface area (Å²) in [6.07, 6.45) is 4.19. The topological polar surface area (TPSA) is 78.9 Å². The molecule has 0 spiro atoms. The van der Waals surface area contributed by atoms with Gasteiger partial charge in [-0.25, -0.2) is 4.79 Å². The van der Waals surface area contributed by atoms with Crippen LogP contribution in [0.5, 0.6) is 0 Å². The molecule has 0 N–H and O–H groups in total. The van der Waals surface area contributed by atoms with E-state index in [1.807, 2.05) is 12.1 Å². The van der Waals surface area contributed by atoms with Gasteiger partial charge in [-0.1, -0.05) is 30.4 Å². The van der Waals surface area contributed by atoms with Gasteiger partial charge in [0.1, 0.15) is 0 Å². The van der Waals surface area contributed by atoms with Crippen molar-refractivity contribution < 1.29 is 28.6 Å². The highest BCUT2D eigenvalue weighted by molar-refractivity contribution is 5.95. The Bertz CT molecular complexity index is 634. The minimum atomic E-state index is -0.985. The quantitative estimate of drug-likeness (QED) is 0.307. The lowest BCUT2D eigenvalue weighted by molar-refractivity contribution is -0.163. The zero-order chi connectivity index (χ0) is 18.9. The van der Waals surface area contributed by atoms with Gasteiger partial charge in [-0.3, -0.25) is 9.59 Å². The summed E-state index contributed by atoms with van der Waals surface area (Å²) in [6.45, 7) is 3.97. The lowest BCUT2D eigenvalue weighted by atomic mass is 9.90. The molecular formula is C20H24O6. The van der Waals surface area contributed by atoms with Gasteiger partial charge in [-0.2, -0.15) is 0 Å². The van der Waals surface area contributed by atoms with Crippen molar-refractivity contribution in [2.24, 2.45) is 17.8 Å². The van der Waals surface area contributed by atoms with Crippen LogP contribution in [0.4, 0.5) is 0 Å². The molecule has 26 heavy (non-hydrogen) atoms. The zero-order valence-corrected chi connectivity index (χ0v) is 15.1. The average molecular weight is 360 g/mol. The van der Waals surface area contributed by atoms with Crippen LogP contribution in [0.3, 0.4) is 0 Å². The fraction of sp³-hybridized carbons (Fsp3) is 0.450. The molecule has 2 atom stereocenters. The third-order valence-electron chi connectivity index (χ3n) is 4.15. The summed E-state index contributed by atoms with van der Waals surface area (Å²) in [6, 6.07) is 8.74. The predicted octanol–water partition coefficient (Wildman–Crippen LogP) is 2.78. The average Bonchev–Trinajstić information content (AvgIpc) is 3.09. The van der Waals surface area contributed by atoms with E-state index in [9.17, 15) is 14.4 Å². The van der Waals surface area contributed by atoms with Gasteiger partial charge in [0, 0.05) is 11.8 Å². The van der Waals surface area contributed by atoms with Gasteiger partial charge in [0.2, 0.25) is 0 Å². The first-order chi connectivity index (χ1) is 12.6. The van der Waals surface area contributed by atoms with Crippen molar-refractivity contribution in [1.29, 1.82) is 0 Å². The summed E-state index contributed by atoms with van der Waals surface area (Å²) >= 11 is 0. The number of benzene rings is 1. The number of carbonyl (C=O) groups is 3. The summed E-state index contributed by atoms with van der Waals surface area (Å²) in [5, 5.41) is 0. The van der Waals surface area contributed by atoms with Gasteiger partial charge < -0.3 is 14.2 Å². The molecule has 0 heterocycles. The highest BCUT2D eigenvalue weighted by Gasteiger charge is 2.39. The van der Waals surface area contributed by atoms with Crippen LogP contribution in [-0.2, 0) is 23.8 Å². The maximum absolute atomic E-state index is 12.2. The summed E-state index contributed by atoms with van der Waals surface area (Å²) < 4.78 is 15.4. The smallest absolute Gasteiger partial charge is 0.338 e. The zero-order valence-electron chi connectivity index (χ0n) is 15.1. The van der Waals surface area contributed by atoms with Gasteiger partial charge in [0.15, 0.2) is 5.92 Å². The molecule has 0 bridgehead atoms. The minimum Gasteiger partial charge on any atom is -0.465 e. The Morgan fingerprint density at radius 2 is 1.58 bits per heavy atom. The summed E-state index contributed by atoms with van der Waals surface area (Å²) in [5.74, 6) is -2.92. The van der Waals surface area contributed by atoms with Crippen molar-refractivity contribution in [3.8, 4) is 0 Å². The maximum Gasteiger partial charge on any atom is 0.338 e. The lowest BCUT2D eigenvalue weighted by Gasteiger charge is -2.20. The molecule has 1 aromatic carbocycles. The second-order valence-electron chi connectivity index (χ2n) is 5.99. The molecule has 6 heteroatoms. The molecule has 0 aromatic heterocycles. The number of carbonyl (C=O) groups excluding carboxylic acids is 3. The van der Waals surface area contributed by atoms with Crippen LogP contribution < -0.4 is 0 Å². The van der Waals surface area contributed by atoms with E-state index >= 15 is 0 Å². The predicted molar refractivity (Wildman–Crippen MR) is 94.2 cm³/mol. The number of hydrogen-bond donors (Lipinski definition) is 0. The number of hydrogen-bond acceptors (Lipinski definition) is 6. The van der Waals surface area contributed by atoms with Crippen LogP contribution in [-0.4, -0.2) is 37.7 Å². The first kappa shape index (κ1) is 19.7. The van der Waals surface area contributed by atoms with Crippen molar-refractivity contribution in [3.63, 3.8) is 0 Å². The van der Waals surface area contributed by atoms with Crippen LogP contribution >= 0.6 is 0 Å². The van der Waals surface area contributed by atoms with E-state index in [1.165, 1.54) is 0 Å². The molecule has 6 nitrogen and oxygen atoms in total. The van der Waals surface area contributed by atoms with Gasteiger partial charge in [-0.05, 0) is 32.4 Å². The number of esters is 3. The summed E-state index contributed by atoms with van der Waals surface area (Å²) in [7, 11) is 0. The van der Waals surface area contributed by atoms with Gasteiger partial charge in [0.25, 0.3) is 0 Å². The van der Waals surface area contributed by atoms with Crippen LogP contribution in [0.15, 0.2) is 42.5 Å². The Kier molecular flexibility index (Phi) is 7.38. The van der Waals surface area contributed by atoms with Crippen molar-refractivity contribution in [3.05, 3.63) is 48.0 Å². The van der Waals surface area contributed by atoms with E-state index in [0.717, 1.165) is 0 Å². The van der Waals surface area contributed by atoms with Crippen molar-refractivity contribution in [1.82, 2.24) is 0 Å². The molecular weight excluding hydrogens is 336 g/mol. The Labute approximate surface area is 153 Å². The van der Waals surface area contributed by atoms with Gasteiger partial charge >= 0.3 is 17.9 Å². The Morgan fingerprint density at radius 3 is 2.15 bits per heavy atom. The molecule has 1 aliphatic carbocycles.